The first kappa shape index (κ1) is 14.9. The smallest absolute Gasteiger partial charge is 0.391 e. The van der Waals surface area contributed by atoms with Gasteiger partial charge in [-0.05, 0) is 26.8 Å². The van der Waals surface area contributed by atoms with E-state index in [2.05, 4.69) is 0 Å². The van der Waals surface area contributed by atoms with Crippen molar-refractivity contribution in [2.24, 2.45) is 0 Å². The Bertz CT molecular complexity index is 182. The highest BCUT2D eigenvalue weighted by molar-refractivity contribution is 6.70. The number of hydrogen-bond donors (Lipinski definition) is 0. The van der Waals surface area contributed by atoms with Crippen molar-refractivity contribution in [1.82, 2.24) is 0 Å². The van der Waals surface area contributed by atoms with Gasteiger partial charge >= 0.3 is 14.1 Å². The van der Waals surface area contributed by atoms with E-state index in [4.69, 9.17) is 8.85 Å². The van der Waals surface area contributed by atoms with Gasteiger partial charge in [0.2, 0.25) is 0 Å². The van der Waals surface area contributed by atoms with E-state index in [9.17, 15) is 13.2 Å². The highest BCUT2D eigenvalue weighted by atomic mass is 28.4. The SMILES string of the molecule is CCO[Si](CC)(OCC)C(F)(F)C(C)F. The topological polar surface area (TPSA) is 18.5 Å². The lowest BCUT2D eigenvalue weighted by molar-refractivity contribution is -0.0457. The summed E-state index contributed by atoms with van der Waals surface area (Å²) in [7, 11) is -3.77. The summed E-state index contributed by atoms with van der Waals surface area (Å²) in [6.45, 7) is 5.83. The van der Waals surface area contributed by atoms with Crippen LogP contribution in [0.3, 0.4) is 0 Å². The first-order valence-corrected chi connectivity index (χ1v) is 7.20. The zero-order chi connectivity index (χ0) is 12.1. The quantitative estimate of drug-likeness (QED) is 0.641. The average molecular weight is 244 g/mol. The molecule has 0 aliphatic rings. The molecule has 0 radical (unpaired) electrons. The Labute approximate surface area is 90.0 Å². The van der Waals surface area contributed by atoms with E-state index < -0.39 is 20.3 Å². The summed E-state index contributed by atoms with van der Waals surface area (Å²) >= 11 is 0. The van der Waals surface area contributed by atoms with E-state index in [1.807, 2.05) is 0 Å². The fraction of sp³-hybridized carbons (Fsp3) is 1.00. The molecule has 6 heteroatoms. The van der Waals surface area contributed by atoms with E-state index in [0.29, 0.717) is 0 Å². The van der Waals surface area contributed by atoms with E-state index >= 15 is 0 Å². The minimum absolute atomic E-state index is 0.0376. The first-order chi connectivity index (χ1) is 6.88. The minimum Gasteiger partial charge on any atom is -0.391 e. The summed E-state index contributed by atoms with van der Waals surface area (Å²) in [6, 6.07) is 0.0376. The molecule has 0 spiro atoms. The summed E-state index contributed by atoms with van der Waals surface area (Å²) in [6.07, 6.45) is -2.25. The molecule has 0 saturated heterocycles. The normalized spacial score (nSPS) is 15.4. The van der Waals surface area contributed by atoms with Crippen molar-refractivity contribution in [3.05, 3.63) is 0 Å². The monoisotopic (exact) mass is 244 g/mol. The molecule has 1 unspecified atom stereocenters. The second kappa shape index (κ2) is 5.86. The zero-order valence-corrected chi connectivity index (χ0v) is 10.6. The van der Waals surface area contributed by atoms with Crippen LogP contribution < -0.4 is 0 Å². The lowest BCUT2D eigenvalue weighted by atomic mass is 10.5. The maximum atomic E-state index is 13.7. The van der Waals surface area contributed by atoms with Gasteiger partial charge in [-0.15, -0.1) is 0 Å². The van der Waals surface area contributed by atoms with Crippen LogP contribution in [0.25, 0.3) is 0 Å². The first-order valence-electron chi connectivity index (χ1n) is 5.17. The van der Waals surface area contributed by atoms with Crippen molar-refractivity contribution in [2.45, 2.75) is 45.5 Å². The van der Waals surface area contributed by atoms with Gasteiger partial charge in [0, 0.05) is 13.2 Å². The predicted molar refractivity (Wildman–Crippen MR) is 55.0 cm³/mol. The van der Waals surface area contributed by atoms with Gasteiger partial charge in [-0.3, -0.25) is 0 Å². The summed E-state index contributed by atoms with van der Waals surface area (Å²) in [5, 5.41) is 0. The van der Waals surface area contributed by atoms with E-state index in [1.165, 1.54) is 0 Å². The molecule has 0 aromatic rings. The molecule has 0 saturated carbocycles. The molecule has 0 heterocycles. The molecule has 0 rings (SSSR count). The second-order valence-corrected chi connectivity index (χ2v) is 6.67. The van der Waals surface area contributed by atoms with Crippen LogP contribution in [0.4, 0.5) is 13.2 Å². The summed E-state index contributed by atoms with van der Waals surface area (Å²) in [5.74, 6) is 0. The molecule has 0 aromatic carbocycles. The highest BCUT2D eigenvalue weighted by Gasteiger charge is 2.63. The maximum absolute atomic E-state index is 13.7. The molecule has 15 heavy (non-hydrogen) atoms. The van der Waals surface area contributed by atoms with E-state index in [-0.39, 0.29) is 19.3 Å². The van der Waals surface area contributed by atoms with Crippen LogP contribution in [0.2, 0.25) is 6.04 Å². The van der Waals surface area contributed by atoms with E-state index in [1.54, 1.807) is 20.8 Å². The Morgan fingerprint density at radius 2 is 1.53 bits per heavy atom. The molecule has 0 N–H and O–H groups in total. The number of rotatable bonds is 7. The Balaban J connectivity index is 5.03. The van der Waals surface area contributed by atoms with Crippen molar-refractivity contribution in [3.63, 3.8) is 0 Å². The third-order valence-electron chi connectivity index (χ3n) is 2.23. The van der Waals surface area contributed by atoms with Crippen molar-refractivity contribution in [2.75, 3.05) is 13.2 Å². The Morgan fingerprint density at radius 3 is 1.73 bits per heavy atom. The summed E-state index contributed by atoms with van der Waals surface area (Å²) < 4.78 is 50.4. The second-order valence-electron chi connectivity index (χ2n) is 3.21. The Morgan fingerprint density at radius 1 is 1.13 bits per heavy atom. The van der Waals surface area contributed by atoms with Crippen LogP contribution in [0.15, 0.2) is 0 Å². The summed E-state index contributed by atoms with van der Waals surface area (Å²) in [4.78, 5) is 0. The molecule has 0 amide bonds. The standard InChI is InChI=1S/C9H19F3O2Si/c1-5-13-15(7-3,14-6-2)9(11,12)8(4)10/h8H,5-7H2,1-4H3. The average Bonchev–Trinajstić information content (AvgIpc) is 2.16. The molecule has 0 fully saturated rings. The summed E-state index contributed by atoms with van der Waals surface area (Å²) in [5.41, 5.74) is -3.51. The molecule has 0 aliphatic heterocycles. The molecule has 2 nitrogen and oxygen atoms in total. The highest BCUT2D eigenvalue weighted by Crippen LogP contribution is 2.36. The van der Waals surface area contributed by atoms with Gasteiger partial charge in [-0.25, -0.2) is 13.2 Å². The maximum Gasteiger partial charge on any atom is 0.417 e. The van der Waals surface area contributed by atoms with Crippen LogP contribution in [-0.2, 0) is 8.85 Å². The largest absolute Gasteiger partial charge is 0.417 e. The van der Waals surface area contributed by atoms with Gasteiger partial charge in [-0.2, -0.15) is 0 Å². The molecule has 92 valence electrons. The lowest BCUT2D eigenvalue weighted by Crippen LogP contribution is -2.61. The fourth-order valence-electron chi connectivity index (χ4n) is 1.44. The number of alkyl halides is 3. The fourth-order valence-corrected chi connectivity index (χ4v) is 4.33. The van der Waals surface area contributed by atoms with Crippen molar-refractivity contribution in [3.8, 4) is 0 Å². The Hall–Kier alpha value is -0.0731. The van der Waals surface area contributed by atoms with Crippen molar-refractivity contribution >= 4 is 8.56 Å². The van der Waals surface area contributed by atoms with Crippen LogP contribution in [0, 0.1) is 0 Å². The molecule has 0 aromatic heterocycles. The van der Waals surface area contributed by atoms with Gasteiger partial charge in [0.1, 0.15) is 0 Å². The van der Waals surface area contributed by atoms with Crippen LogP contribution >= 0.6 is 0 Å². The number of halogens is 3. The zero-order valence-electron chi connectivity index (χ0n) is 9.65. The minimum atomic E-state index is -3.77. The number of hydrogen-bond acceptors (Lipinski definition) is 2. The van der Waals surface area contributed by atoms with Crippen LogP contribution in [-0.4, -0.2) is 33.5 Å². The molecular formula is C9H19F3O2Si. The van der Waals surface area contributed by atoms with E-state index in [0.717, 1.165) is 6.92 Å². The molecule has 0 bridgehead atoms. The molecule has 0 aliphatic carbocycles. The molecule has 1 atom stereocenters. The van der Waals surface area contributed by atoms with Gasteiger partial charge in [0.15, 0.2) is 6.17 Å². The van der Waals surface area contributed by atoms with Crippen molar-refractivity contribution < 1.29 is 22.0 Å². The van der Waals surface area contributed by atoms with Gasteiger partial charge in [0.25, 0.3) is 0 Å². The third kappa shape index (κ3) is 2.95. The van der Waals surface area contributed by atoms with Crippen LogP contribution in [0.5, 0.6) is 0 Å². The van der Waals surface area contributed by atoms with Crippen molar-refractivity contribution in [1.29, 1.82) is 0 Å². The third-order valence-corrected chi connectivity index (χ3v) is 6.08. The molecular weight excluding hydrogens is 225 g/mol. The Kier molecular flexibility index (Phi) is 5.83. The van der Waals surface area contributed by atoms with Gasteiger partial charge in [-0.1, -0.05) is 6.92 Å². The lowest BCUT2D eigenvalue weighted by Gasteiger charge is -2.36. The van der Waals surface area contributed by atoms with Gasteiger partial charge in [0.05, 0.1) is 0 Å². The predicted octanol–water partition coefficient (Wildman–Crippen LogP) is 3.05. The van der Waals surface area contributed by atoms with Gasteiger partial charge < -0.3 is 8.85 Å². The van der Waals surface area contributed by atoms with Crippen LogP contribution in [0.1, 0.15) is 27.7 Å².